The summed E-state index contributed by atoms with van der Waals surface area (Å²) in [6.45, 7) is 4.61. The molecule has 0 unspecified atom stereocenters. The highest BCUT2D eigenvalue weighted by molar-refractivity contribution is 6.17. The molecular weight excluding hydrogens is 367 g/mol. The van der Waals surface area contributed by atoms with E-state index in [1.165, 1.54) is 33.4 Å². The molecule has 0 spiro atoms. The van der Waals surface area contributed by atoms with Crippen molar-refractivity contribution in [3.8, 4) is 39.1 Å². The maximum Gasteiger partial charge on any atom is 0.569 e. The average molecular weight is 389 g/mol. The van der Waals surface area contributed by atoms with Crippen molar-refractivity contribution < 1.29 is 9.68 Å². The zero-order chi connectivity index (χ0) is 20.7. The van der Waals surface area contributed by atoms with Crippen molar-refractivity contribution in [2.75, 3.05) is 0 Å². The molecule has 3 heteroatoms. The largest absolute Gasteiger partial charge is 0.569 e. The van der Waals surface area contributed by atoms with Crippen LogP contribution in [0.3, 0.4) is 0 Å². The van der Waals surface area contributed by atoms with Gasteiger partial charge in [0.15, 0.2) is 0 Å². The molecule has 5 rings (SSSR count). The van der Waals surface area contributed by atoms with E-state index in [0.717, 1.165) is 11.1 Å². The molecule has 1 N–H and O–H groups in total. The van der Waals surface area contributed by atoms with Gasteiger partial charge >= 0.3 is 7.69 Å². The Hall–Kier alpha value is -3.30. The molecule has 4 aromatic carbocycles. The van der Waals surface area contributed by atoms with Crippen molar-refractivity contribution in [2.24, 2.45) is 0 Å². The Balaban J connectivity index is 1.56. The van der Waals surface area contributed by atoms with Gasteiger partial charge in [-0.25, -0.2) is 0 Å². The zero-order valence-corrected chi connectivity index (χ0v) is 17.1. The van der Waals surface area contributed by atoms with Gasteiger partial charge in [0.05, 0.1) is 0 Å². The molecule has 0 heterocycles. The molecule has 0 fully saturated rings. The van der Waals surface area contributed by atoms with E-state index in [1.54, 1.807) is 0 Å². The topological polar surface area (TPSA) is 29.5 Å². The van der Waals surface area contributed by atoms with Crippen LogP contribution in [0.15, 0.2) is 91.0 Å². The van der Waals surface area contributed by atoms with Crippen LogP contribution in [0.25, 0.3) is 33.4 Å². The first kappa shape index (κ1) is 18.7. The number of hydrogen-bond acceptors (Lipinski definition) is 2. The van der Waals surface area contributed by atoms with Crippen molar-refractivity contribution in [3.63, 3.8) is 0 Å². The molecule has 0 aromatic heterocycles. The normalized spacial score (nSPS) is 13.4. The second-order valence-electron chi connectivity index (χ2n) is 8.26. The van der Waals surface area contributed by atoms with Crippen LogP contribution in [0.5, 0.6) is 5.75 Å². The highest BCUT2D eigenvalue weighted by Crippen LogP contribution is 2.49. The SMILES string of the molecule is CC1(C)c2ccccc2-c2ccc(-c3cccc(-c4cccc(O[B]O)c4)c3)cc21. The summed E-state index contributed by atoms with van der Waals surface area (Å²) in [4.78, 5) is 0. The molecule has 145 valence electrons. The van der Waals surface area contributed by atoms with E-state index in [9.17, 15) is 0 Å². The Morgan fingerprint density at radius 1 is 0.633 bits per heavy atom. The molecule has 1 radical (unpaired) electrons. The summed E-state index contributed by atoms with van der Waals surface area (Å²) in [7, 11) is 0.708. The number of benzene rings is 4. The van der Waals surface area contributed by atoms with E-state index in [4.69, 9.17) is 9.68 Å². The van der Waals surface area contributed by atoms with Crippen molar-refractivity contribution in [3.05, 3.63) is 102 Å². The lowest BCUT2D eigenvalue weighted by Gasteiger charge is -2.22. The van der Waals surface area contributed by atoms with Gasteiger partial charge < -0.3 is 9.68 Å². The molecule has 1 aliphatic carbocycles. The van der Waals surface area contributed by atoms with Crippen LogP contribution >= 0.6 is 0 Å². The average Bonchev–Trinajstić information content (AvgIpc) is 3.01. The molecule has 0 saturated carbocycles. The number of fused-ring (bicyclic) bond motifs is 3. The van der Waals surface area contributed by atoms with Crippen molar-refractivity contribution in [2.45, 2.75) is 19.3 Å². The second-order valence-corrected chi connectivity index (χ2v) is 8.26. The zero-order valence-electron chi connectivity index (χ0n) is 17.1. The van der Waals surface area contributed by atoms with Crippen LogP contribution in [-0.2, 0) is 5.41 Å². The van der Waals surface area contributed by atoms with Crippen LogP contribution in [0.2, 0.25) is 0 Å². The van der Waals surface area contributed by atoms with E-state index in [-0.39, 0.29) is 5.41 Å². The van der Waals surface area contributed by atoms with Crippen molar-refractivity contribution in [1.29, 1.82) is 0 Å². The van der Waals surface area contributed by atoms with E-state index in [0.29, 0.717) is 13.4 Å². The van der Waals surface area contributed by atoms with Crippen LogP contribution < -0.4 is 4.65 Å². The first-order valence-electron chi connectivity index (χ1n) is 10.2. The molecule has 0 saturated heterocycles. The van der Waals surface area contributed by atoms with E-state index >= 15 is 0 Å². The van der Waals surface area contributed by atoms with Crippen LogP contribution in [0.4, 0.5) is 0 Å². The summed E-state index contributed by atoms with van der Waals surface area (Å²) in [5.74, 6) is 0.609. The van der Waals surface area contributed by atoms with Crippen molar-refractivity contribution in [1.82, 2.24) is 0 Å². The summed E-state index contributed by atoms with van der Waals surface area (Å²) in [6, 6.07) is 31.8. The van der Waals surface area contributed by atoms with Gasteiger partial charge in [-0.15, -0.1) is 0 Å². The molecule has 4 aromatic rings. The molecule has 1 aliphatic rings. The summed E-state index contributed by atoms with van der Waals surface area (Å²) in [5, 5.41) is 8.91. The van der Waals surface area contributed by atoms with Gasteiger partial charge in [-0.1, -0.05) is 80.6 Å². The fourth-order valence-electron chi connectivity index (χ4n) is 4.57. The number of rotatable bonds is 4. The van der Waals surface area contributed by atoms with Gasteiger partial charge in [-0.2, -0.15) is 0 Å². The predicted octanol–water partition coefficient (Wildman–Crippen LogP) is 6.23. The number of hydrogen-bond donors (Lipinski definition) is 1. The molecule has 0 atom stereocenters. The quantitative estimate of drug-likeness (QED) is 0.419. The fourth-order valence-corrected chi connectivity index (χ4v) is 4.57. The maximum atomic E-state index is 8.91. The lowest BCUT2D eigenvalue weighted by atomic mass is 9.81. The Bertz CT molecular complexity index is 1240. The fraction of sp³-hybridized carbons (Fsp3) is 0.111. The van der Waals surface area contributed by atoms with Crippen LogP contribution in [0, 0.1) is 0 Å². The third-order valence-corrected chi connectivity index (χ3v) is 6.14. The summed E-state index contributed by atoms with van der Waals surface area (Å²) in [5.41, 5.74) is 9.99. The van der Waals surface area contributed by atoms with Gasteiger partial charge in [0.25, 0.3) is 0 Å². The summed E-state index contributed by atoms with van der Waals surface area (Å²) < 4.78 is 5.12. The molecule has 2 nitrogen and oxygen atoms in total. The first-order chi connectivity index (χ1) is 14.6. The van der Waals surface area contributed by atoms with Gasteiger partial charge in [0.1, 0.15) is 5.75 Å². The smallest absolute Gasteiger partial charge is 0.537 e. The van der Waals surface area contributed by atoms with Gasteiger partial charge in [-0.05, 0) is 68.8 Å². The minimum absolute atomic E-state index is 0.00792. The third kappa shape index (κ3) is 3.03. The van der Waals surface area contributed by atoms with Crippen molar-refractivity contribution >= 4 is 7.69 Å². The molecule has 0 bridgehead atoms. The predicted molar refractivity (Wildman–Crippen MR) is 123 cm³/mol. The minimum Gasteiger partial charge on any atom is -0.537 e. The highest BCUT2D eigenvalue weighted by atomic mass is 16.5. The lowest BCUT2D eigenvalue weighted by molar-refractivity contribution is 0.454. The van der Waals surface area contributed by atoms with E-state index in [1.807, 2.05) is 24.3 Å². The minimum atomic E-state index is -0.00792. The van der Waals surface area contributed by atoms with Crippen LogP contribution in [0.1, 0.15) is 25.0 Å². The Kier molecular flexibility index (Phi) is 4.49. The van der Waals surface area contributed by atoms with Gasteiger partial charge in [0, 0.05) is 5.41 Å². The standard InChI is InChI=1S/C27H22BO2/c1-27(2)25-12-4-3-11-23(25)24-14-13-21(17-26(24)27)19-8-5-7-18(15-19)20-9-6-10-22(16-20)30-28-29/h3-17,29H,1-2H3. The third-order valence-electron chi connectivity index (χ3n) is 6.14. The van der Waals surface area contributed by atoms with E-state index in [2.05, 4.69) is 80.6 Å². The Labute approximate surface area is 178 Å². The van der Waals surface area contributed by atoms with E-state index < -0.39 is 0 Å². The maximum absolute atomic E-state index is 8.91. The first-order valence-corrected chi connectivity index (χ1v) is 10.2. The molecule has 0 aliphatic heterocycles. The Morgan fingerprint density at radius 3 is 2.03 bits per heavy atom. The highest BCUT2D eigenvalue weighted by Gasteiger charge is 2.35. The van der Waals surface area contributed by atoms with Gasteiger partial charge in [0.2, 0.25) is 0 Å². The molecule has 30 heavy (non-hydrogen) atoms. The second kappa shape index (κ2) is 7.19. The molecule has 0 amide bonds. The van der Waals surface area contributed by atoms with Gasteiger partial charge in [-0.3, -0.25) is 0 Å². The van der Waals surface area contributed by atoms with Crippen LogP contribution in [-0.4, -0.2) is 12.7 Å². The lowest BCUT2D eigenvalue weighted by Crippen LogP contribution is -2.14. The molecular formula is C27H22BO2. The Morgan fingerprint density at radius 2 is 1.27 bits per heavy atom. The monoisotopic (exact) mass is 389 g/mol. The summed E-state index contributed by atoms with van der Waals surface area (Å²) >= 11 is 0. The summed E-state index contributed by atoms with van der Waals surface area (Å²) in [6.07, 6.45) is 0.